The van der Waals surface area contributed by atoms with Gasteiger partial charge in [0.15, 0.2) is 0 Å². The molecule has 0 unspecified atom stereocenters. The Bertz CT molecular complexity index is 752. The molecule has 2 rings (SSSR count). The molecule has 0 fully saturated rings. The zero-order valence-corrected chi connectivity index (χ0v) is 15.2. The molecule has 0 aliphatic rings. The van der Waals surface area contributed by atoms with Gasteiger partial charge in [0.05, 0.1) is 11.4 Å². The highest BCUT2D eigenvalue weighted by molar-refractivity contribution is 5.77. The third-order valence-corrected chi connectivity index (χ3v) is 4.06. The Morgan fingerprint density at radius 1 is 1.08 bits per heavy atom. The number of carboxylic acid groups (broad SMARTS) is 2. The number of nitrogens with one attached hydrogen (secondary N) is 1. The maximum atomic E-state index is 11.6. The summed E-state index contributed by atoms with van der Waals surface area (Å²) in [5, 5.41) is 25.9. The minimum Gasteiger partial charge on any atom is -0.480 e. The van der Waals surface area contributed by atoms with Crippen LogP contribution in [0.4, 0.5) is 0 Å². The molecule has 1 aromatic carbocycles. The van der Waals surface area contributed by atoms with E-state index in [4.69, 9.17) is 0 Å². The van der Waals surface area contributed by atoms with Crippen LogP contribution in [-0.2, 0) is 16.0 Å². The van der Waals surface area contributed by atoms with Gasteiger partial charge in [0, 0.05) is 12.6 Å². The first-order chi connectivity index (χ1) is 12.3. The Hall–Kier alpha value is -2.67. The standard InChI is InChI=1S/C19H25N3O4/c1-12(2)10-16(18(23)24)20-17(19(25)26)11-14-8-9-22(21-14)15-6-4-13(3)5-7-15/h4-9,12,16-17,20H,10-11H2,1-3H3,(H,23,24)(H,25,26)/t16-,17-/m0/s1. The van der Waals surface area contributed by atoms with Crippen molar-refractivity contribution in [2.24, 2.45) is 5.92 Å². The molecule has 7 heteroatoms. The molecule has 2 atom stereocenters. The highest BCUT2D eigenvalue weighted by Gasteiger charge is 2.27. The molecular formula is C19H25N3O4. The van der Waals surface area contributed by atoms with Crippen LogP contribution in [-0.4, -0.2) is 44.0 Å². The van der Waals surface area contributed by atoms with E-state index >= 15 is 0 Å². The number of carboxylic acids is 2. The predicted molar refractivity (Wildman–Crippen MR) is 97.4 cm³/mol. The lowest BCUT2D eigenvalue weighted by Crippen LogP contribution is -2.48. The van der Waals surface area contributed by atoms with Crippen molar-refractivity contribution in [1.29, 1.82) is 0 Å². The van der Waals surface area contributed by atoms with Crippen molar-refractivity contribution in [2.75, 3.05) is 0 Å². The van der Waals surface area contributed by atoms with Gasteiger partial charge in [0.2, 0.25) is 0 Å². The van der Waals surface area contributed by atoms with Crippen LogP contribution in [0.2, 0.25) is 0 Å². The first-order valence-corrected chi connectivity index (χ1v) is 8.59. The minimum absolute atomic E-state index is 0.107. The third-order valence-electron chi connectivity index (χ3n) is 4.06. The lowest BCUT2D eigenvalue weighted by Gasteiger charge is -2.21. The van der Waals surface area contributed by atoms with Gasteiger partial charge >= 0.3 is 11.9 Å². The highest BCUT2D eigenvalue weighted by Crippen LogP contribution is 2.12. The van der Waals surface area contributed by atoms with Crippen molar-refractivity contribution in [3.8, 4) is 5.69 Å². The largest absolute Gasteiger partial charge is 0.480 e. The van der Waals surface area contributed by atoms with Crippen molar-refractivity contribution in [3.05, 3.63) is 47.8 Å². The Labute approximate surface area is 152 Å². The fourth-order valence-electron chi connectivity index (χ4n) is 2.69. The molecule has 0 aliphatic carbocycles. The molecule has 1 heterocycles. The van der Waals surface area contributed by atoms with E-state index in [9.17, 15) is 19.8 Å². The van der Waals surface area contributed by atoms with E-state index in [-0.39, 0.29) is 12.3 Å². The van der Waals surface area contributed by atoms with Gasteiger partial charge in [-0.1, -0.05) is 31.5 Å². The second-order valence-corrected chi connectivity index (χ2v) is 6.87. The maximum absolute atomic E-state index is 11.6. The number of aliphatic carboxylic acids is 2. The van der Waals surface area contributed by atoms with E-state index < -0.39 is 24.0 Å². The second kappa shape index (κ2) is 8.62. The Morgan fingerprint density at radius 2 is 1.69 bits per heavy atom. The summed E-state index contributed by atoms with van der Waals surface area (Å²) in [6.45, 7) is 5.80. The predicted octanol–water partition coefficient (Wildman–Crippen LogP) is 2.27. The summed E-state index contributed by atoms with van der Waals surface area (Å²) in [6, 6.07) is 7.63. The van der Waals surface area contributed by atoms with E-state index in [1.54, 1.807) is 16.9 Å². The first kappa shape index (κ1) is 19.7. The molecular weight excluding hydrogens is 334 g/mol. The average molecular weight is 359 g/mol. The summed E-state index contributed by atoms with van der Waals surface area (Å²) < 4.78 is 1.68. The lowest BCUT2D eigenvalue weighted by atomic mass is 10.0. The normalized spacial score (nSPS) is 13.5. The fraction of sp³-hybridized carbons (Fsp3) is 0.421. The molecule has 0 spiro atoms. The molecule has 3 N–H and O–H groups in total. The zero-order valence-electron chi connectivity index (χ0n) is 15.2. The topological polar surface area (TPSA) is 104 Å². The zero-order chi connectivity index (χ0) is 19.3. The number of rotatable bonds is 9. The van der Waals surface area contributed by atoms with Crippen molar-refractivity contribution < 1.29 is 19.8 Å². The smallest absolute Gasteiger partial charge is 0.321 e. The van der Waals surface area contributed by atoms with Crippen molar-refractivity contribution in [3.63, 3.8) is 0 Å². The molecule has 26 heavy (non-hydrogen) atoms. The van der Waals surface area contributed by atoms with Gasteiger partial charge in [-0.15, -0.1) is 0 Å². The van der Waals surface area contributed by atoms with Crippen LogP contribution in [0.1, 0.15) is 31.5 Å². The SMILES string of the molecule is Cc1ccc(-n2ccc(C[C@H](N[C@@H](CC(C)C)C(=O)O)C(=O)O)n2)cc1. The Morgan fingerprint density at radius 3 is 2.23 bits per heavy atom. The molecule has 2 aromatic rings. The van der Waals surface area contributed by atoms with Gasteiger partial charge in [-0.05, 0) is 37.5 Å². The number of hydrogen-bond acceptors (Lipinski definition) is 4. The number of nitrogens with zero attached hydrogens (tertiary/aromatic N) is 2. The van der Waals surface area contributed by atoms with Gasteiger partial charge in [-0.25, -0.2) is 4.68 Å². The average Bonchev–Trinajstić information content (AvgIpc) is 3.02. The highest BCUT2D eigenvalue weighted by atomic mass is 16.4. The molecule has 0 radical (unpaired) electrons. The van der Waals surface area contributed by atoms with Crippen LogP contribution in [0.5, 0.6) is 0 Å². The molecule has 0 saturated heterocycles. The summed E-state index contributed by atoms with van der Waals surface area (Å²) in [7, 11) is 0. The number of carbonyl (C=O) groups is 2. The van der Waals surface area contributed by atoms with Crippen molar-refractivity contribution >= 4 is 11.9 Å². The first-order valence-electron chi connectivity index (χ1n) is 8.59. The van der Waals surface area contributed by atoms with Crippen LogP contribution < -0.4 is 5.32 Å². The number of hydrogen-bond donors (Lipinski definition) is 3. The van der Waals surface area contributed by atoms with Crippen LogP contribution >= 0.6 is 0 Å². The summed E-state index contributed by atoms with van der Waals surface area (Å²) in [5.41, 5.74) is 2.60. The Kier molecular flexibility index (Phi) is 6.52. The molecule has 0 amide bonds. The summed E-state index contributed by atoms with van der Waals surface area (Å²) in [5.74, 6) is -2.00. The maximum Gasteiger partial charge on any atom is 0.321 e. The Balaban J connectivity index is 2.11. The molecule has 140 valence electrons. The van der Waals surface area contributed by atoms with Crippen LogP contribution in [0.15, 0.2) is 36.5 Å². The van der Waals surface area contributed by atoms with Gasteiger partial charge in [-0.2, -0.15) is 5.10 Å². The van der Waals surface area contributed by atoms with Crippen molar-refractivity contribution in [2.45, 2.75) is 45.7 Å². The van der Waals surface area contributed by atoms with Gasteiger partial charge in [0.1, 0.15) is 12.1 Å². The number of benzene rings is 1. The summed E-state index contributed by atoms with van der Waals surface area (Å²) in [4.78, 5) is 23.0. The molecule has 1 aromatic heterocycles. The van der Waals surface area contributed by atoms with E-state index in [0.29, 0.717) is 12.1 Å². The molecule has 0 aliphatic heterocycles. The molecule has 7 nitrogen and oxygen atoms in total. The summed E-state index contributed by atoms with van der Waals surface area (Å²) in [6.07, 6.45) is 2.23. The van der Waals surface area contributed by atoms with Gasteiger partial charge < -0.3 is 10.2 Å². The quantitative estimate of drug-likeness (QED) is 0.634. The minimum atomic E-state index is -1.09. The number of aromatic nitrogens is 2. The summed E-state index contributed by atoms with van der Waals surface area (Å²) >= 11 is 0. The van der Waals surface area contributed by atoms with E-state index in [1.807, 2.05) is 45.0 Å². The van der Waals surface area contributed by atoms with Gasteiger partial charge in [-0.3, -0.25) is 14.9 Å². The monoisotopic (exact) mass is 359 g/mol. The third kappa shape index (κ3) is 5.42. The van der Waals surface area contributed by atoms with Crippen molar-refractivity contribution in [1.82, 2.24) is 15.1 Å². The molecule has 0 saturated carbocycles. The molecule has 0 bridgehead atoms. The van der Waals surface area contributed by atoms with E-state index in [2.05, 4.69) is 10.4 Å². The van der Waals surface area contributed by atoms with Crippen LogP contribution in [0, 0.1) is 12.8 Å². The van der Waals surface area contributed by atoms with E-state index in [1.165, 1.54) is 0 Å². The number of aryl methyl sites for hydroxylation is 1. The fourth-order valence-corrected chi connectivity index (χ4v) is 2.69. The van der Waals surface area contributed by atoms with Gasteiger partial charge in [0.25, 0.3) is 0 Å². The second-order valence-electron chi connectivity index (χ2n) is 6.87. The van der Waals surface area contributed by atoms with E-state index in [0.717, 1.165) is 11.3 Å². The van der Waals surface area contributed by atoms with Crippen LogP contribution in [0.3, 0.4) is 0 Å². The lowest BCUT2D eigenvalue weighted by molar-refractivity contribution is -0.142. The van der Waals surface area contributed by atoms with Crippen LogP contribution in [0.25, 0.3) is 5.69 Å².